The minimum atomic E-state index is -0.934. The zero-order valence-corrected chi connectivity index (χ0v) is 25.0. The van der Waals surface area contributed by atoms with Crippen LogP contribution in [-0.4, -0.2) is 49.6 Å². The number of hydrogen-bond donors (Lipinski definition) is 5. The van der Waals surface area contributed by atoms with Crippen molar-refractivity contribution in [1.82, 2.24) is 15.3 Å². The van der Waals surface area contributed by atoms with Crippen LogP contribution in [0.2, 0.25) is 0 Å². The highest BCUT2D eigenvalue weighted by molar-refractivity contribution is 6.31. The zero-order valence-electron chi connectivity index (χ0n) is 25.0. The van der Waals surface area contributed by atoms with Crippen molar-refractivity contribution in [2.24, 2.45) is 10.9 Å². The molecular formula is C33H36N4O6. The Morgan fingerprint density at radius 1 is 0.907 bits per heavy atom. The van der Waals surface area contributed by atoms with Gasteiger partial charge in [-0.3, -0.25) is 19.2 Å². The van der Waals surface area contributed by atoms with E-state index in [4.69, 9.17) is 0 Å². The van der Waals surface area contributed by atoms with Crippen LogP contribution in [0.3, 0.4) is 0 Å². The second-order valence-electron chi connectivity index (χ2n) is 10.7. The first-order chi connectivity index (χ1) is 20.4. The molecule has 4 rings (SSSR count). The lowest BCUT2D eigenvalue weighted by Gasteiger charge is -2.03. The van der Waals surface area contributed by atoms with Crippen LogP contribution >= 0.6 is 0 Å². The molecule has 224 valence electrons. The summed E-state index contributed by atoms with van der Waals surface area (Å²) in [4.78, 5) is 58.6. The number of carbonyl (C=O) groups is 4. The predicted octanol–water partition coefficient (Wildman–Crippen LogP) is 3.14. The molecule has 1 unspecified atom stereocenters. The number of H-pyrrole nitrogens is 2. The third kappa shape index (κ3) is 6.28. The molecule has 2 aliphatic rings. The second kappa shape index (κ2) is 12.5. The number of carboxylic acids is 2. The van der Waals surface area contributed by atoms with Gasteiger partial charge in [0.15, 0.2) is 0 Å². The van der Waals surface area contributed by atoms with Gasteiger partial charge in [0, 0.05) is 46.2 Å². The molecule has 5 N–H and O–H groups in total. The van der Waals surface area contributed by atoms with E-state index in [9.17, 15) is 29.4 Å². The van der Waals surface area contributed by atoms with Gasteiger partial charge in [0.2, 0.25) is 5.91 Å². The molecular weight excluding hydrogens is 548 g/mol. The first-order valence-corrected chi connectivity index (χ1v) is 14.1. The van der Waals surface area contributed by atoms with E-state index in [0.717, 1.165) is 33.5 Å². The standard InChI is InChI=1S/C33H36N4O6/c1-7-20-19(6)32(42)37-27(20)14-25-18(5)23(10-12-31(40)41)29(35-25)15-28-22(9-11-30(38)39)17(4)24(34-28)13-26-16(3)21(8-2)33(43)36-26/h7-8,13-15,19,34-35H,2,9-12H2,1,3-6H3,(H,37,42)(H,38,39)(H,40,41). The van der Waals surface area contributed by atoms with Gasteiger partial charge >= 0.3 is 11.9 Å². The third-order valence-electron chi connectivity index (χ3n) is 8.12. The van der Waals surface area contributed by atoms with E-state index in [1.165, 1.54) is 6.08 Å². The van der Waals surface area contributed by atoms with Crippen LogP contribution in [0.4, 0.5) is 0 Å². The fraction of sp³-hybridized carbons (Fsp3) is 0.303. The fourth-order valence-electron chi connectivity index (χ4n) is 5.57. The van der Waals surface area contributed by atoms with E-state index in [1.807, 2.05) is 45.9 Å². The number of aromatic nitrogens is 2. The lowest BCUT2D eigenvalue weighted by atomic mass is 10.00. The van der Waals surface area contributed by atoms with Gasteiger partial charge in [0.1, 0.15) is 0 Å². The van der Waals surface area contributed by atoms with Crippen LogP contribution in [0.15, 0.2) is 46.1 Å². The van der Waals surface area contributed by atoms with E-state index < -0.39 is 11.9 Å². The number of nitrogens with one attached hydrogen (secondary N) is 3. The van der Waals surface area contributed by atoms with Gasteiger partial charge in [-0.15, -0.1) is 0 Å². The Morgan fingerprint density at radius 2 is 1.56 bits per heavy atom. The number of aliphatic imine (C=N–C) groups is 1. The van der Waals surface area contributed by atoms with E-state index in [2.05, 4.69) is 26.9 Å². The molecule has 0 radical (unpaired) electrons. The van der Waals surface area contributed by atoms with E-state index in [0.29, 0.717) is 38.9 Å². The van der Waals surface area contributed by atoms with Crippen molar-refractivity contribution in [2.75, 3.05) is 0 Å². The van der Waals surface area contributed by atoms with E-state index in [-0.39, 0.29) is 43.4 Å². The van der Waals surface area contributed by atoms with Crippen molar-refractivity contribution < 1.29 is 29.4 Å². The highest BCUT2D eigenvalue weighted by Crippen LogP contribution is 2.29. The smallest absolute Gasteiger partial charge is 0.303 e. The SMILES string of the molecule is C=CC1=C(C)C(C=c2[nH]c(=Cc3[nH]c(C=C4NC(=O)C(C)C4=CC)c(C)c3CCC(=O)O)c(CCC(=O)O)c2C)=NC1=O. The molecule has 0 aromatic carbocycles. The molecule has 1 atom stereocenters. The molecule has 2 aromatic rings. The predicted molar refractivity (Wildman–Crippen MR) is 165 cm³/mol. The lowest BCUT2D eigenvalue weighted by molar-refractivity contribution is -0.138. The van der Waals surface area contributed by atoms with Crippen molar-refractivity contribution in [3.8, 4) is 0 Å². The van der Waals surface area contributed by atoms with Crippen molar-refractivity contribution in [3.63, 3.8) is 0 Å². The largest absolute Gasteiger partial charge is 0.481 e. The monoisotopic (exact) mass is 584 g/mol. The van der Waals surface area contributed by atoms with Gasteiger partial charge in [-0.05, 0) is 99.1 Å². The van der Waals surface area contributed by atoms with Crippen LogP contribution < -0.4 is 16.0 Å². The molecule has 2 aliphatic heterocycles. The molecule has 1 fully saturated rings. The lowest BCUT2D eigenvalue weighted by Crippen LogP contribution is -2.16. The van der Waals surface area contributed by atoms with Crippen LogP contribution in [0.25, 0.3) is 18.2 Å². The number of hydrogen-bond acceptors (Lipinski definition) is 4. The Bertz CT molecular complexity index is 1810. The Kier molecular flexibility index (Phi) is 8.99. The summed E-state index contributed by atoms with van der Waals surface area (Å²) in [6.45, 7) is 13.0. The summed E-state index contributed by atoms with van der Waals surface area (Å²) in [5.41, 5.74) is 7.87. The van der Waals surface area contributed by atoms with Crippen LogP contribution in [0.5, 0.6) is 0 Å². The number of allylic oxidation sites excluding steroid dienone is 3. The van der Waals surface area contributed by atoms with E-state index >= 15 is 0 Å². The third-order valence-corrected chi connectivity index (χ3v) is 8.12. The maximum absolute atomic E-state index is 12.3. The maximum Gasteiger partial charge on any atom is 0.303 e. The number of nitrogens with zero attached hydrogens (tertiary/aromatic N) is 1. The van der Waals surface area contributed by atoms with E-state index in [1.54, 1.807) is 13.0 Å². The molecule has 0 bridgehead atoms. The minimum absolute atomic E-state index is 0.0802. The van der Waals surface area contributed by atoms with Crippen molar-refractivity contribution in [1.29, 1.82) is 0 Å². The summed E-state index contributed by atoms with van der Waals surface area (Å²) >= 11 is 0. The first-order valence-electron chi connectivity index (χ1n) is 14.1. The Balaban J connectivity index is 1.91. The molecule has 43 heavy (non-hydrogen) atoms. The molecule has 10 nitrogen and oxygen atoms in total. The Labute approximate surface area is 249 Å². The summed E-state index contributed by atoms with van der Waals surface area (Å²) in [7, 11) is 0. The van der Waals surface area contributed by atoms with Gasteiger partial charge in [-0.25, -0.2) is 4.99 Å². The number of aliphatic carboxylic acids is 2. The normalized spacial score (nSPS) is 19.7. The van der Waals surface area contributed by atoms with Gasteiger partial charge in [0.05, 0.1) is 11.6 Å². The van der Waals surface area contributed by atoms with Crippen LogP contribution in [0.1, 0.15) is 67.3 Å². The number of aromatic amines is 2. The molecule has 2 aromatic heterocycles. The number of carboxylic acid groups (broad SMARTS) is 2. The van der Waals surface area contributed by atoms with Crippen molar-refractivity contribution >= 4 is 47.7 Å². The number of amides is 2. The summed E-state index contributed by atoms with van der Waals surface area (Å²) in [6.07, 6.45) is 9.23. The molecule has 0 aliphatic carbocycles. The van der Waals surface area contributed by atoms with Crippen molar-refractivity contribution in [2.45, 2.75) is 60.3 Å². The highest BCUT2D eigenvalue weighted by Gasteiger charge is 2.29. The summed E-state index contributed by atoms with van der Waals surface area (Å²) in [6, 6.07) is 0. The van der Waals surface area contributed by atoms with Crippen LogP contribution in [0, 0.1) is 19.8 Å². The quantitative estimate of drug-likeness (QED) is 0.288. The molecule has 4 heterocycles. The molecule has 10 heteroatoms. The molecule has 0 spiro atoms. The van der Waals surface area contributed by atoms with Gasteiger partial charge in [0.25, 0.3) is 5.91 Å². The van der Waals surface area contributed by atoms with Crippen LogP contribution in [-0.2, 0) is 32.0 Å². The Hall–Kier alpha value is -4.99. The topological polar surface area (TPSA) is 165 Å². The average Bonchev–Trinajstić information content (AvgIpc) is 3.59. The Morgan fingerprint density at radius 3 is 2.14 bits per heavy atom. The second-order valence-corrected chi connectivity index (χ2v) is 10.7. The van der Waals surface area contributed by atoms with Gasteiger partial charge < -0.3 is 25.5 Å². The number of carbonyl (C=O) groups excluding carboxylic acids is 2. The molecule has 2 amide bonds. The first kappa shape index (κ1) is 31.0. The maximum atomic E-state index is 12.3. The summed E-state index contributed by atoms with van der Waals surface area (Å²) < 4.78 is 0. The fourth-order valence-corrected chi connectivity index (χ4v) is 5.57. The summed E-state index contributed by atoms with van der Waals surface area (Å²) in [5, 5.41) is 23.1. The molecule has 1 saturated heterocycles. The number of rotatable bonds is 10. The zero-order chi connectivity index (χ0) is 31.6. The summed E-state index contributed by atoms with van der Waals surface area (Å²) in [5.74, 6) is -2.59. The molecule has 0 saturated carbocycles. The van der Waals surface area contributed by atoms with Crippen molar-refractivity contribution in [3.05, 3.63) is 85.5 Å². The average molecular weight is 585 g/mol. The van der Waals surface area contributed by atoms with Gasteiger partial charge in [-0.1, -0.05) is 18.7 Å². The van der Waals surface area contributed by atoms with Gasteiger partial charge in [-0.2, -0.15) is 0 Å². The minimum Gasteiger partial charge on any atom is -0.481 e. The highest BCUT2D eigenvalue weighted by atomic mass is 16.4.